The summed E-state index contributed by atoms with van der Waals surface area (Å²) in [5.74, 6) is 0.506. The number of anilines is 1. The summed E-state index contributed by atoms with van der Waals surface area (Å²) in [6.07, 6.45) is 2.83. The lowest BCUT2D eigenvalue weighted by atomic mass is 10.1. The van der Waals surface area contributed by atoms with Gasteiger partial charge in [-0.25, -0.2) is 4.79 Å². The molecule has 2 rings (SSSR count). The third-order valence-corrected chi connectivity index (χ3v) is 4.70. The number of hydrogen-bond donors (Lipinski definition) is 3. The van der Waals surface area contributed by atoms with Crippen molar-refractivity contribution in [3.8, 4) is 0 Å². The standard InChI is InChI=1S/C21H35N5O2/c1-5-26-14-6-7-18(26)15-24-19(22)23-13-12-16-8-10-17(11-9-16)25-20(27)28-21(2,3)4/h8-11,18H,5-7,12-15H2,1-4H3,(H,25,27)(H3,22,23,24). The lowest BCUT2D eigenvalue weighted by Crippen LogP contribution is -2.36. The summed E-state index contributed by atoms with van der Waals surface area (Å²) in [5.41, 5.74) is 7.35. The second-order valence-corrected chi connectivity index (χ2v) is 8.15. The Kier molecular flexibility index (Phi) is 8.11. The number of benzene rings is 1. The van der Waals surface area contributed by atoms with E-state index in [2.05, 4.69) is 27.4 Å². The highest BCUT2D eigenvalue weighted by atomic mass is 16.6. The van der Waals surface area contributed by atoms with Gasteiger partial charge in [0.05, 0.1) is 6.54 Å². The van der Waals surface area contributed by atoms with Crippen molar-refractivity contribution in [3.05, 3.63) is 29.8 Å². The van der Waals surface area contributed by atoms with E-state index in [0.29, 0.717) is 17.7 Å². The Labute approximate surface area is 168 Å². The minimum atomic E-state index is -0.510. The van der Waals surface area contributed by atoms with Crippen molar-refractivity contribution < 1.29 is 9.53 Å². The Hall–Kier alpha value is -2.28. The van der Waals surface area contributed by atoms with E-state index in [1.54, 1.807) is 0 Å². The fourth-order valence-corrected chi connectivity index (χ4v) is 3.29. The highest BCUT2D eigenvalue weighted by molar-refractivity contribution is 5.84. The van der Waals surface area contributed by atoms with Crippen LogP contribution in [0.25, 0.3) is 0 Å². The molecule has 4 N–H and O–H groups in total. The monoisotopic (exact) mass is 389 g/mol. The van der Waals surface area contributed by atoms with Gasteiger partial charge in [-0.15, -0.1) is 0 Å². The summed E-state index contributed by atoms with van der Waals surface area (Å²) in [4.78, 5) is 18.7. The fourth-order valence-electron chi connectivity index (χ4n) is 3.29. The number of carbonyl (C=O) groups excluding carboxylic acids is 1. The first-order valence-corrected chi connectivity index (χ1v) is 10.1. The first kappa shape index (κ1) is 22.0. The van der Waals surface area contributed by atoms with Crippen molar-refractivity contribution in [3.63, 3.8) is 0 Å². The van der Waals surface area contributed by atoms with Gasteiger partial charge in [0.15, 0.2) is 5.96 Å². The zero-order chi connectivity index (χ0) is 20.6. The molecule has 1 saturated heterocycles. The van der Waals surface area contributed by atoms with Crippen molar-refractivity contribution >= 4 is 17.7 Å². The fraction of sp³-hybridized carbons (Fsp3) is 0.619. The molecule has 1 aromatic carbocycles. The highest BCUT2D eigenvalue weighted by Gasteiger charge is 2.22. The molecule has 1 aliphatic rings. The first-order valence-electron chi connectivity index (χ1n) is 10.1. The van der Waals surface area contributed by atoms with Crippen LogP contribution in [0.15, 0.2) is 29.3 Å². The Bertz CT molecular complexity index is 652. The van der Waals surface area contributed by atoms with E-state index in [9.17, 15) is 4.79 Å². The van der Waals surface area contributed by atoms with Crippen LogP contribution in [0.2, 0.25) is 0 Å². The predicted octanol–water partition coefficient (Wildman–Crippen LogP) is 2.96. The van der Waals surface area contributed by atoms with E-state index >= 15 is 0 Å². The maximum atomic E-state index is 11.8. The summed E-state index contributed by atoms with van der Waals surface area (Å²) in [6.45, 7) is 11.4. The molecule has 0 aromatic heterocycles. The quantitative estimate of drug-likeness (QED) is 0.493. The van der Waals surface area contributed by atoms with Crippen molar-refractivity contribution in [2.45, 2.75) is 58.6 Å². The van der Waals surface area contributed by atoms with Crippen LogP contribution >= 0.6 is 0 Å². The van der Waals surface area contributed by atoms with Gasteiger partial charge in [-0.3, -0.25) is 15.2 Å². The van der Waals surface area contributed by atoms with Crippen LogP contribution < -0.4 is 16.4 Å². The van der Waals surface area contributed by atoms with Crippen molar-refractivity contribution in [2.24, 2.45) is 10.7 Å². The second kappa shape index (κ2) is 10.3. The van der Waals surface area contributed by atoms with Crippen LogP contribution in [0.4, 0.5) is 10.5 Å². The summed E-state index contributed by atoms with van der Waals surface area (Å²) >= 11 is 0. The van der Waals surface area contributed by atoms with Gasteiger partial charge < -0.3 is 15.8 Å². The molecule has 7 nitrogen and oxygen atoms in total. The van der Waals surface area contributed by atoms with E-state index in [1.165, 1.54) is 19.4 Å². The molecule has 0 bridgehead atoms. The van der Waals surface area contributed by atoms with Crippen LogP contribution in [0.3, 0.4) is 0 Å². The number of hydrogen-bond acceptors (Lipinski definition) is 4. The molecule has 1 heterocycles. The first-order chi connectivity index (χ1) is 13.3. The maximum Gasteiger partial charge on any atom is 0.412 e. The molecule has 1 aromatic rings. The lowest BCUT2D eigenvalue weighted by Gasteiger charge is -2.21. The van der Waals surface area contributed by atoms with Gasteiger partial charge in [0.1, 0.15) is 5.60 Å². The van der Waals surface area contributed by atoms with E-state index < -0.39 is 11.7 Å². The molecule has 0 spiro atoms. The smallest absolute Gasteiger partial charge is 0.412 e. The van der Waals surface area contributed by atoms with E-state index in [-0.39, 0.29) is 0 Å². The third-order valence-electron chi connectivity index (χ3n) is 4.70. The SMILES string of the molecule is CCN1CCCC1CN=C(N)NCCc1ccc(NC(=O)OC(C)(C)C)cc1. The molecule has 1 fully saturated rings. The number of nitrogens with two attached hydrogens (primary N) is 1. The molecular weight excluding hydrogens is 354 g/mol. The zero-order valence-electron chi connectivity index (χ0n) is 17.6. The number of likely N-dealkylation sites (N-methyl/N-ethyl adjacent to an activating group) is 1. The van der Waals surface area contributed by atoms with E-state index in [4.69, 9.17) is 10.5 Å². The van der Waals surface area contributed by atoms with Crippen LogP contribution in [0, 0.1) is 0 Å². The number of likely N-dealkylation sites (tertiary alicyclic amines) is 1. The molecule has 1 aliphatic heterocycles. The molecule has 1 amide bonds. The van der Waals surface area contributed by atoms with Gasteiger partial charge in [-0.05, 0) is 70.8 Å². The summed E-state index contributed by atoms with van der Waals surface area (Å²) in [5, 5.41) is 5.91. The van der Waals surface area contributed by atoms with Crippen LogP contribution in [-0.4, -0.2) is 54.8 Å². The number of carbonyl (C=O) groups is 1. The minimum Gasteiger partial charge on any atom is -0.444 e. The highest BCUT2D eigenvalue weighted by Crippen LogP contribution is 2.16. The second-order valence-electron chi connectivity index (χ2n) is 8.15. The Balaban J connectivity index is 1.71. The Morgan fingerprint density at radius 1 is 1.32 bits per heavy atom. The number of aliphatic imine (C=N–C) groups is 1. The largest absolute Gasteiger partial charge is 0.444 e. The molecule has 0 aliphatic carbocycles. The molecule has 1 unspecified atom stereocenters. The van der Waals surface area contributed by atoms with Crippen LogP contribution in [0.5, 0.6) is 0 Å². The Morgan fingerprint density at radius 3 is 2.68 bits per heavy atom. The number of nitrogens with zero attached hydrogens (tertiary/aromatic N) is 2. The molecule has 0 saturated carbocycles. The maximum absolute atomic E-state index is 11.8. The van der Waals surface area contributed by atoms with Crippen molar-refractivity contribution in [1.29, 1.82) is 0 Å². The third kappa shape index (κ3) is 7.76. The summed E-state index contributed by atoms with van der Waals surface area (Å²) in [7, 11) is 0. The topological polar surface area (TPSA) is 92.0 Å². The van der Waals surface area contributed by atoms with Crippen molar-refractivity contribution in [1.82, 2.24) is 10.2 Å². The van der Waals surface area contributed by atoms with Crippen LogP contribution in [0.1, 0.15) is 46.1 Å². The molecule has 28 heavy (non-hydrogen) atoms. The Morgan fingerprint density at radius 2 is 2.04 bits per heavy atom. The molecule has 0 radical (unpaired) electrons. The van der Waals surface area contributed by atoms with Gasteiger partial charge in [-0.2, -0.15) is 0 Å². The van der Waals surface area contributed by atoms with E-state index in [1.807, 2.05) is 45.0 Å². The van der Waals surface area contributed by atoms with Gasteiger partial charge in [0, 0.05) is 18.3 Å². The number of rotatable bonds is 7. The number of guanidine groups is 1. The van der Waals surface area contributed by atoms with Gasteiger partial charge >= 0.3 is 6.09 Å². The number of ether oxygens (including phenoxy) is 1. The number of amides is 1. The average molecular weight is 390 g/mol. The molecular formula is C21H35N5O2. The van der Waals surface area contributed by atoms with Gasteiger partial charge in [-0.1, -0.05) is 19.1 Å². The van der Waals surface area contributed by atoms with Crippen LogP contribution in [-0.2, 0) is 11.2 Å². The van der Waals surface area contributed by atoms with Crippen molar-refractivity contribution in [2.75, 3.05) is 31.5 Å². The normalized spacial score (nSPS) is 18.1. The molecule has 1 atom stereocenters. The average Bonchev–Trinajstić information content (AvgIpc) is 3.07. The van der Waals surface area contributed by atoms with Gasteiger partial charge in [0.2, 0.25) is 0 Å². The molecule has 7 heteroatoms. The predicted molar refractivity (Wildman–Crippen MR) is 115 cm³/mol. The zero-order valence-corrected chi connectivity index (χ0v) is 17.6. The summed E-state index contributed by atoms with van der Waals surface area (Å²) < 4.78 is 5.25. The number of nitrogens with one attached hydrogen (secondary N) is 2. The van der Waals surface area contributed by atoms with Gasteiger partial charge in [0.25, 0.3) is 0 Å². The molecule has 156 valence electrons. The summed E-state index contributed by atoms with van der Waals surface area (Å²) in [6, 6.07) is 8.24. The minimum absolute atomic E-state index is 0.449. The lowest BCUT2D eigenvalue weighted by molar-refractivity contribution is 0.0636. The van der Waals surface area contributed by atoms with E-state index in [0.717, 1.165) is 31.6 Å².